The van der Waals surface area contributed by atoms with Crippen LogP contribution >= 0.6 is 0 Å². The fourth-order valence-electron chi connectivity index (χ4n) is 4.37. The van der Waals surface area contributed by atoms with Gasteiger partial charge in [0.25, 0.3) is 11.8 Å². The molecule has 4 heterocycles. The molecule has 3 aromatic heterocycles. The molecule has 3 aromatic rings. The van der Waals surface area contributed by atoms with Crippen molar-refractivity contribution in [2.24, 2.45) is 0 Å². The largest absolute Gasteiger partial charge is 0.387 e. The number of nitrogens with zero attached hydrogens (tertiary/aromatic N) is 6. The predicted molar refractivity (Wildman–Crippen MR) is 129 cm³/mol. The minimum absolute atomic E-state index is 0.0115. The van der Waals surface area contributed by atoms with Crippen LogP contribution in [0, 0.1) is 17.8 Å². The van der Waals surface area contributed by atoms with Crippen LogP contribution in [0.3, 0.4) is 0 Å². The van der Waals surface area contributed by atoms with Crippen LogP contribution in [0.15, 0.2) is 24.7 Å². The van der Waals surface area contributed by atoms with Gasteiger partial charge >= 0.3 is 0 Å². The molecule has 2 unspecified atom stereocenters. The molecule has 1 aliphatic carbocycles. The zero-order valence-corrected chi connectivity index (χ0v) is 20.3. The number of aromatic nitrogens is 5. The smallest absolute Gasteiger partial charge is 0.256 e. The van der Waals surface area contributed by atoms with Gasteiger partial charge < -0.3 is 30.9 Å². The summed E-state index contributed by atoms with van der Waals surface area (Å²) in [6.07, 6.45) is -0.189. The first-order chi connectivity index (χ1) is 18.3. The molecular weight excluding hydrogens is 499 g/mol. The summed E-state index contributed by atoms with van der Waals surface area (Å²) in [6.45, 7) is 0.0753. The van der Waals surface area contributed by atoms with Crippen LogP contribution in [-0.2, 0) is 9.53 Å². The van der Waals surface area contributed by atoms with E-state index in [1.165, 1.54) is 30.2 Å². The summed E-state index contributed by atoms with van der Waals surface area (Å²) in [4.78, 5) is 42.9. The molecule has 1 aliphatic heterocycles. The Kier molecular flexibility index (Phi) is 6.89. The second-order valence-electron chi connectivity index (χ2n) is 8.99. The van der Waals surface area contributed by atoms with Crippen molar-refractivity contribution >= 4 is 28.8 Å². The Hall–Kier alpha value is -4.19. The fraction of sp³-hybridized carbons (Fsp3) is 0.417. The molecule has 1 saturated carbocycles. The molecule has 4 atom stereocenters. The van der Waals surface area contributed by atoms with E-state index in [4.69, 9.17) is 10.5 Å². The van der Waals surface area contributed by atoms with E-state index < -0.39 is 36.4 Å². The minimum Gasteiger partial charge on any atom is -0.387 e. The van der Waals surface area contributed by atoms with Crippen LogP contribution in [0.2, 0.25) is 0 Å². The molecule has 2 amide bonds. The van der Waals surface area contributed by atoms with Gasteiger partial charge in [0.15, 0.2) is 23.8 Å². The first-order valence-electron chi connectivity index (χ1n) is 11.9. The van der Waals surface area contributed by atoms with Crippen LogP contribution < -0.4 is 11.1 Å². The maximum atomic E-state index is 13.2. The third-order valence-electron chi connectivity index (χ3n) is 6.67. The average Bonchev–Trinajstić information content (AvgIpc) is 3.43. The monoisotopic (exact) mass is 524 g/mol. The fourth-order valence-corrected chi connectivity index (χ4v) is 4.37. The number of ether oxygens (including phenoxy) is 1. The lowest BCUT2D eigenvalue weighted by Crippen LogP contribution is -2.44. The van der Waals surface area contributed by atoms with Gasteiger partial charge in [-0.3, -0.25) is 14.2 Å². The van der Waals surface area contributed by atoms with Crippen molar-refractivity contribution in [3.8, 4) is 11.8 Å². The number of carbonyl (C=O) groups excluding carboxylic acids is 2. The van der Waals surface area contributed by atoms with E-state index in [0.29, 0.717) is 0 Å². The molecule has 38 heavy (non-hydrogen) atoms. The number of likely N-dealkylation sites (N-methyl/N-ethyl adjacent to an activating group) is 1. The first kappa shape index (κ1) is 25.5. The van der Waals surface area contributed by atoms with Gasteiger partial charge in [0.2, 0.25) is 11.8 Å². The summed E-state index contributed by atoms with van der Waals surface area (Å²) < 4.78 is 20.1. The minimum atomic E-state index is -1.47. The van der Waals surface area contributed by atoms with Gasteiger partial charge in [-0.2, -0.15) is 4.39 Å². The SMILES string of the molecule is CNC(=O)C1OC(n2cnc3c(N)nc(C#CCN(C(=O)c4ccc(F)nc4)C4CCC4)nc32)[C@H](O)[C@@H]1O. The van der Waals surface area contributed by atoms with Gasteiger partial charge in [0.1, 0.15) is 17.7 Å². The number of aliphatic hydroxyl groups is 2. The lowest BCUT2D eigenvalue weighted by Gasteiger charge is -2.36. The lowest BCUT2D eigenvalue weighted by atomic mass is 9.91. The van der Waals surface area contributed by atoms with Crippen molar-refractivity contribution < 1.29 is 28.9 Å². The number of carbonyl (C=O) groups is 2. The molecule has 0 aromatic carbocycles. The van der Waals surface area contributed by atoms with Crippen LogP contribution in [0.4, 0.5) is 10.2 Å². The van der Waals surface area contributed by atoms with E-state index in [-0.39, 0.29) is 46.9 Å². The van der Waals surface area contributed by atoms with Crippen molar-refractivity contribution in [3.63, 3.8) is 0 Å². The number of nitrogens with one attached hydrogen (secondary N) is 1. The molecule has 14 heteroatoms. The molecule has 0 radical (unpaired) electrons. The average molecular weight is 525 g/mol. The summed E-state index contributed by atoms with van der Waals surface area (Å²) in [5, 5.41) is 23.2. The highest BCUT2D eigenvalue weighted by Gasteiger charge is 2.47. The zero-order valence-electron chi connectivity index (χ0n) is 20.3. The van der Waals surface area contributed by atoms with Crippen molar-refractivity contribution in [2.45, 2.75) is 49.8 Å². The number of nitrogen functional groups attached to an aromatic ring is 1. The third-order valence-corrected chi connectivity index (χ3v) is 6.67. The van der Waals surface area contributed by atoms with E-state index >= 15 is 0 Å². The number of fused-ring (bicyclic) bond motifs is 1. The van der Waals surface area contributed by atoms with Crippen molar-refractivity contribution in [2.75, 3.05) is 19.3 Å². The molecule has 0 spiro atoms. The first-order valence-corrected chi connectivity index (χ1v) is 11.9. The molecule has 5 N–H and O–H groups in total. The molecule has 1 saturated heterocycles. The Morgan fingerprint density at radius 1 is 1.26 bits per heavy atom. The van der Waals surface area contributed by atoms with Gasteiger partial charge in [-0.25, -0.2) is 19.9 Å². The van der Waals surface area contributed by atoms with E-state index in [1.54, 1.807) is 4.90 Å². The highest BCUT2D eigenvalue weighted by molar-refractivity contribution is 5.94. The van der Waals surface area contributed by atoms with Gasteiger partial charge in [-0.1, -0.05) is 5.92 Å². The predicted octanol–water partition coefficient (Wildman–Crippen LogP) is -0.646. The quantitative estimate of drug-likeness (QED) is 0.247. The molecule has 2 fully saturated rings. The number of aliphatic hydroxyl groups excluding tert-OH is 2. The Labute approximate surface area is 215 Å². The Morgan fingerprint density at radius 3 is 2.71 bits per heavy atom. The Morgan fingerprint density at radius 2 is 2.05 bits per heavy atom. The summed E-state index contributed by atoms with van der Waals surface area (Å²) >= 11 is 0. The topological polar surface area (TPSA) is 182 Å². The second kappa shape index (κ2) is 10.3. The summed E-state index contributed by atoms with van der Waals surface area (Å²) in [5.74, 6) is 4.22. The Balaban J connectivity index is 1.40. The third kappa shape index (κ3) is 4.62. The lowest BCUT2D eigenvalue weighted by molar-refractivity contribution is -0.137. The van der Waals surface area contributed by atoms with Crippen molar-refractivity contribution in [3.05, 3.63) is 42.0 Å². The van der Waals surface area contributed by atoms with Gasteiger partial charge in [-0.05, 0) is 37.3 Å². The number of pyridine rings is 1. The molecule has 2 aliphatic rings. The number of imidazole rings is 1. The number of halogens is 1. The van der Waals surface area contributed by atoms with E-state index in [9.17, 15) is 24.2 Å². The van der Waals surface area contributed by atoms with Crippen LogP contribution in [0.25, 0.3) is 11.2 Å². The standard InChI is InChI=1S/C24H25FN8O5/c1-27-22(36)19-17(34)18(35)24(38-19)33-11-29-16-20(26)30-15(31-21(16)33)6-3-9-32(13-4-2-5-13)23(37)12-7-8-14(25)28-10-12/h7-8,10-11,13,17-19,24,34-35H,2,4-5,9H2,1H3,(H,27,36)(H2,26,30,31)/t17-,18+,19?,24?/m0/s1. The highest BCUT2D eigenvalue weighted by Crippen LogP contribution is 2.32. The van der Waals surface area contributed by atoms with E-state index in [1.807, 2.05) is 0 Å². The number of nitrogens with two attached hydrogens (primary N) is 1. The van der Waals surface area contributed by atoms with Crippen LogP contribution in [0.5, 0.6) is 0 Å². The maximum absolute atomic E-state index is 13.2. The molecule has 13 nitrogen and oxygen atoms in total. The summed E-state index contributed by atoms with van der Waals surface area (Å²) in [7, 11) is 1.39. The van der Waals surface area contributed by atoms with E-state index in [2.05, 4.69) is 37.1 Å². The zero-order chi connectivity index (χ0) is 27.0. The van der Waals surface area contributed by atoms with E-state index in [0.717, 1.165) is 25.3 Å². The molecule has 198 valence electrons. The molecule has 5 rings (SSSR count). The Bertz CT molecular complexity index is 1430. The molecular formula is C24H25FN8O5. The van der Waals surface area contributed by atoms with Gasteiger partial charge in [0.05, 0.1) is 18.4 Å². The normalized spacial score (nSPS) is 22.9. The summed E-state index contributed by atoms with van der Waals surface area (Å²) in [6, 6.07) is 2.53. The maximum Gasteiger partial charge on any atom is 0.256 e. The summed E-state index contributed by atoms with van der Waals surface area (Å²) in [5.41, 5.74) is 6.73. The van der Waals surface area contributed by atoms with Gasteiger partial charge in [0, 0.05) is 19.3 Å². The highest BCUT2D eigenvalue weighted by atomic mass is 19.1. The van der Waals surface area contributed by atoms with Crippen molar-refractivity contribution in [1.29, 1.82) is 0 Å². The number of rotatable bonds is 5. The van der Waals surface area contributed by atoms with Crippen LogP contribution in [-0.4, -0.2) is 89.4 Å². The number of hydrogen-bond acceptors (Lipinski definition) is 10. The number of anilines is 1. The number of amides is 2. The number of hydrogen-bond donors (Lipinski definition) is 4. The second-order valence-corrected chi connectivity index (χ2v) is 8.99. The van der Waals surface area contributed by atoms with Crippen LogP contribution in [0.1, 0.15) is 41.7 Å². The van der Waals surface area contributed by atoms with Crippen molar-refractivity contribution in [1.82, 2.24) is 34.7 Å². The molecule has 0 bridgehead atoms. The van der Waals surface area contributed by atoms with Gasteiger partial charge in [-0.15, -0.1) is 0 Å².